The SMILES string of the molecule is COC(=O)C(=O)CCC[C@@H](C)CCCC(C)C. The third-order valence-electron chi connectivity index (χ3n) is 2.99. The fourth-order valence-electron chi connectivity index (χ4n) is 1.85. The number of Topliss-reactive ketones (excluding diaryl/α,β-unsaturated/α-hetero) is 1. The first kappa shape index (κ1) is 16.1. The van der Waals surface area contributed by atoms with Crippen molar-refractivity contribution in [3.05, 3.63) is 0 Å². The second-order valence-corrected chi connectivity index (χ2v) is 5.24. The van der Waals surface area contributed by atoms with E-state index < -0.39 is 11.8 Å². The molecule has 0 fully saturated rings. The Labute approximate surface area is 105 Å². The summed E-state index contributed by atoms with van der Waals surface area (Å²) in [5.74, 6) is 0.293. The van der Waals surface area contributed by atoms with Crippen LogP contribution in [-0.2, 0) is 14.3 Å². The van der Waals surface area contributed by atoms with Gasteiger partial charge in [0.1, 0.15) is 0 Å². The quantitative estimate of drug-likeness (QED) is 0.460. The first-order valence-electron chi connectivity index (χ1n) is 6.58. The molecule has 0 saturated heterocycles. The highest BCUT2D eigenvalue weighted by atomic mass is 16.5. The van der Waals surface area contributed by atoms with Crippen molar-refractivity contribution in [1.82, 2.24) is 0 Å². The summed E-state index contributed by atoms with van der Waals surface area (Å²) >= 11 is 0. The van der Waals surface area contributed by atoms with Gasteiger partial charge in [-0.15, -0.1) is 0 Å². The highest BCUT2D eigenvalue weighted by Crippen LogP contribution is 2.17. The molecule has 0 bridgehead atoms. The van der Waals surface area contributed by atoms with E-state index in [1.54, 1.807) is 0 Å². The molecule has 0 aliphatic rings. The van der Waals surface area contributed by atoms with Crippen molar-refractivity contribution in [3.63, 3.8) is 0 Å². The van der Waals surface area contributed by atoms with Crippen LogP contribution in [0.1, 0.15) is 59.3 Å². The van der Waals surface area contributed by atoms with Gasteiger partial charge in [0.25, 0.3) is 0 Å². The zero-order chi connectivity index (χ0) is 13.3. The maximum absolute atomic E-state index is 11.2. The third kappa shape index (κ3) is 8.90. The molecule has 0 aliphatic carbocycles. The van der Waals surface area contributed by atoms with Crippen LogP contribution >= 0.6 is 0 Å². The van der Waals surface area contributed by atoms with Crippen LogP contribution in [0.3, 0.4) is 0 Å². The van der Waals surface area contributed by atoms with Crippen molar-refractivity contribution >= 4 is 11.8 Å². The number of carbonyl (C=O) groups is 2. The Morgan fingerprint density at radius 1 is 1.00 bits per heavy atom. The number of rotatable bonds is 9. The van der Waals surface area contributed by atoms with E-state index in [1.165, 1.54) is 26.4 Å². The summed E-state index contributed by atoms with van der Waals surface area (Å²) in [5.41, 5.74) is 0. The van der Waals surface area contributed by atoms with E-state index in [0.29, 0.717) is 12.3 Å². The van der Waals surface area contributed by atoms with Gasteiger partial charge < -0.3 is 4.74 Å². The molecule has 0 radical (unpaired) electrons. The molecule has 0 saturated carbocycles. The zero-order valence-corrected chi connectivity index (χ0v) is 11.6. The minimum Gasteiger partial charge on any atom is -0.463 e. The largest absolute Gasteiger partial charge is 0.463 e. The lowest BCUT2D eigenvalue weighted by Gasteiger charge is -2.11. The van der Waals surface area contributed by atoms with E-state index in [4.69, 9.17) is 0 Å². The van der Waals surface area contributed by atoms with Gasteiger partial charge in [0, 0.05) is 6.42 Å². The molecule has 0 rings (SSSR count). The summed E-state index contributed by atoms with van der Waals surface area (Å²) < 4.78 is 4.37. The van der Waals surface area contributed by atoms with Crippen LogP contribution in [0.4, 0.5) is 0 Å². The number of hydrogen-bond donors (Lipinski definition) is 0. The predicted molar refractivity (Wildman–Crippen MR) is 68.7 cm³/mol. The summed E-state index contributed by atoms with van der Waals surface area (Å²) in [6, 6.07) is 0. The Kier molecular flexibility index (Phi) is 8.73. The van der Waals surface area contributed by atoms with Crippen LogP contribution in [-0.4, -0.2) is 18.9 Å². The number of hydrogen-bond acceptors (Lipinski definition) is 3. The monoisotopic (exact) mass is 242 g/mol. The number of methoxy groups -OCH3 is 1. The molecule has 0 spiro atoms. The fraction of sp³-hybridized carbons (Fsp3) is 0.857. The van der Waals surface area contributed by atoms with Crippen molar-refractivity contribution in [3.8, 4) is 0 Å². The minimum absolute atomic E-state index is 0.321. The van der Waals surface area contributed by atoms with Gasteiger partial charge in [-0.3, -0.25) is 4.79 Å². The minimum atomic E-state index is -0.711. The molecule has 3 nitrogen and oxygen atoms in total. The van der Waals surface area contributed by atoms with Gasteiger partial charge >= 0.3 is 5.97 Å². The predicted octanol–water partition coefficient (Wildman–Crippen LogP) is 3.36. The van der Waals surface area contributed by atoms with Crippen molar-refractivity contribution in [2.75, 3.05) is 7.11 Å². The Bertz CT molecular complexity index is 234. The van der Waals surface area contributed by atoms with Gasteiger partial charge in [-0.2, -0.15) is 0 Å². The van der Waals surface area contributed by atoms with Crippen molar-refractivity contribution in [1.29, 1.82) is 0 Å². The Morgan fingerprint density at radius 3 is 2.12 bits per heavy atom. The van der Waals surface area contributed by atoms with E-state index in [-0.39, 0.29) is 0 Å². The molecule has 0 heterocycles. The molecular formula is C14H26O3. The van der Waals surface area contributed by atoms with Crippen LogP contribution in [0.5, 0.6) is 0 Å². The maximum atomic E-state index is 11.2. The van der Waals surface area contributed by atoms with E-state index in [0.717, 1.165) is 18.8 Å². The summed E-state index contributed by atoms with van der Waals surface area (Å²) in [6.45, 7) is 6.68. The lowest BCUT2D eigenvalue weighted by atomic mass is 9.95. The molecular weight excluding hydrogens is 216 g/mol. The highest BCUT2D eigenvalue weighted by molar-refractivity contribution is 6.33. The smallest absolute Gasteiger partial charge is 0.374 e. The Balaban J connectivity index is 3.54. The average Bonchev–Trinajstić information content (AvgIpc) is 2.27. The van der Waals surface area contributed by atoms with Gasteiger partial charge in [0.05, 0.1) is 7.11 Å². The highest BCUT2D eigenvalue weighted by Gasteiger charge is 2.13. The average molecular weight is 242 g/mol. The van der Waals surface area contributed by atoms with Crippen LogP contribution in [0.2, 0.25) is 0 Å². The summed E-state index contributed by atoms with van der Waals surface area (Å²) in [4.78, 5) is 22.0. The number of carbonyl (C=O) groups excluding carboxylic acids is 2. The Morgan fingerprint density at radius 2 is 1.59 bits per heavy atom. The molecule has 1 atom stereocenters. The topological polar surface area (TPSA) is 43.4 Å². The van der Waals surface area contributed by atoms with E-state index in [9.17, 15) is 9.59 Å². The molecule has 0 aromatic rings. The number of ether oxygens (including phenoxy) is 1. The zero-order valence-electron chi connectivity index (χ0n) is 11.6. The molecule has 0 aromatic heterocycles. The number of ketones is 1. The molecule has 0 unspecified atom stereocenters. The van der Waals surface area contributed by atoms with Crippen LogP contribution in [0.15, 0.2) is 0 Å². The Hall–Kier alpha value is -0.860. The second-order valence-electron chi connectivity index (χ2n) is 5.24. The second kappa shape index (κ2) is 9.20. The summed E-state index contributed by atoms with van der Waals surface area (Å²) in [6.07, 6.45) is 5.86. The summed E-state index contributed by atoms with van der Waals surface area (Å²) in [5, 5.41) is 0. The first-order valence-corrected chi connectivity index (χ1v) is 6.58. The van der Waals surface area contributed by atoms with E-state index in [2.05, 4.69) is 25.5 Å². The van der Waals surface area contributed by atoms with Gasteiger partial charge in [-0.05, 0) is 18.3 Å². The molecule has 100 valence electrons. The van der Waals surface area contributed by atoms with E-state index >= 15 is 0 Å². The summed E-state index contributed by atoms with van der Waals surface area (Å²) in [7, 11) is 1.24. The van der Waals surface area contributed by atoms with Crippen molar-refractivity contribution in [2.24, 2.45) is 11.8 Å². The van der Waals surface area contributed by atoms with Crippen molar-refractivity contribution in [2.45, 2.75) is 59.3 Å². The van der Waals surface area contributed by atoms with E-state index in [1.807, 2.05) is 0 Å². The third-order valence-corrected chi connectivity index (χ3v) is 2.99. The molecule has 17 heavy (non-hydrogen) atoms. The molecule has 0 aromatic carbocycles. The van der Waals surface area contributed by atoms with Gasteiger partial charge in [-0.1, -0.05) is 46.5 Å². The van der Waals surface area contributed by atoms with Gasteiger partial charge in [0.15, 0.2) is 0 Å². The standard InChI is InChI=1S/C14H26O3/c1-11(2)7-5-8-12(3)9-6-10-13(15)14(16)17-4/h11-12H,5-10H2,1-4H3/t12-/m0/s1. The van der Waals surface area contributed by atoms with Crippen LogP contribution in [0, 0.1) is 11.8 Å². The van der Waals surface area contributed by atoms with Crippen molar-refractivity contribution < 1.29 is 14.3 Å². The normalized spacial score (nSPS) is 12.5. The van der Waals surface area contributed by atoms with Crippen LogP contribution < -0.4 is 0 Å². The molecule has 0 amide bonds. The van der Waals surface area contributed by atoms with Gasteiger partial charge in [-0.25, -0.2) is 4.79 Å². The molecule has 3 heteroatoms. The lowest BCUT2D eigenvalue weighted by molar-refractivity contribution is -0.151. The number of esters is 1. The van der Waals surface area contributed by atoms with Crippen LogP contribution in [0.25, 0.3) is 0 Å². The molecule has 0 N–H and O–H groups in total. The van der Waals surface area contributed by atoms with Gasteiger partial charge in [0.2, 0.25) is 5.78 Å². The maximum Gasteiger partial charge on any atom is 0.374 e. The fourth-order valence-corrected chi connectivity index (χ4v) is 1.85. The lowest BCUT2D eigenvalue weighted by Crippen LogP contribution is -2.15. The molecule has 0 aliphatic heterocycles. The first-order chi connectivity index (χ1) is 7.97.